The Morgan fingerprint density at radius 3 is 2.47 bits per heavy atom. The minimum Gasteiger partial charge on any atom is -0.494 e. The lowest BCUT2D eigenvalue weighted by Crippen LogP contribution is -2.53. The van der Waals surface area contributed by atoms with E-state index in [4.69, 9.17) is 14.2 Å². The van der Waals surface area contributed by atoms with Crippen LogP contribution in [0.25, 0.3) is 0 Å². The van der Waals surface area contributed by atoms with Crippen molar-refractivity contribution in [1.82, 2.24) is 30.7 Å². The minimum absolute atomic E-state index is 0.00244. The highest BCUT2D eigenvalue weighted by atomic mass is 19.1. The molecule has 2 saturated heterocycles. The number of unbranched alkanes of at least 4 members (excludes halogenated alkanes) is 2. The van der Waals surface area contributed by atoms with Crippen LogP contribution in [-0.2, 0) is 36.9 Å². The molecule has 5 heterocycles. The number of pyridine rings is 1. The zero-order valence-electron chi connectivity index (χ0n) is 42.9. The molecule has 5 amide bonds. The van der Waals surface area contributed by atoms with Gasteiger partial charge in [-0.3, -0.25) is 34.3 Å². The normalized spacial score (nSPS) is 20.7. The minimum atomic E-state index is -0.740. The number of hydrogen-bond acceptors (Lipinski definition) is 12. The van der Waals surface area contributed by atoms with Gasteiger partial charge in [0.05, 0.1) is 18.2 Å². The molecule has 16 nitrogen and oxygen atoms in total. The molecule has 3 aromatic carbocycles. The van der Waals surface area contributed by atoms with Gasteiger partial charge in [0.25, 0.3) is 11.8 Å². The third kappa shape index (κ3) is 13.5. The molecule has 3 unspecified atom stereocenters. The molecule has 17 heteroatoms. The molecule has 0 aliphatic carbocycles. The maximum atomic E-state index is 15.0. The molecule has 0 radical (unpaired) electrons. The summed E-state index contributed by atoms with van der Waals surface area (Å²) in [5.41, 5.74) is 5.27. The Morgan fingerprint density at radius 1 is 0.905 bits per heavy atom. The fourth-order valence-corrected chi connectivity index (χ4v) is 10.6. The number of carbonyl (C=O) groups excluding carboxylic acids is 5. The van der Waals surface area contributed by atoms with Gasteiger partial charge in [-0.05, 0) is 136 Å². The zero-order valence-corrected chi connectivity index (χ0v) is 42.9. The van der Waals surface area contributed by atoms with Crippen LogP contribution in [0.2, 0.25) is 0 Å². The van der Waals surface area contributed by atoms with Crippen molar-refractivity contribution in [1.29, 1.82) is 0 Å². The summed E-state index contributed by atoms with van der Waals surface area (Å²) in [6.07, 6.45) is 13.5. The molecule has 4 atom stereocenters. The maximum Gasteiger partial charge on any atom is 0.255 e. The SMILES string of the molecule is CCC1C(c2ccncc2)NC(C2(Nc3cccc(C(=O)NCc4cc(OCCCCCOCCCOCC(=O)Nc5cccc6c5CN(C5CCC(=O)NC5=O)C6=O)ccc4F)c3)CCN(C)CC2)=CC[C@H]1C. The van der Waals surface area contributed by atoms with Crippen LogP contribution in [0.5, 0.6) is 5.75 Å². The van der Waals surface area contributed by atoms with E-state index in [1.807, 2.05) is 30.6 Å². The van der Waals surface area contributed by atoms with Crippen LogP contribution < -0.4 is 31.3 Å². The molecule has 1 aromatic heterocycles. The van der Waals surface area contributed by atoms with Gasteiger partial charge in [-0.25, -0.2) is 4.39 Å². The number of aromatic nitrogens is 1. The first kappa shape index (κ1) is 53.6. The Labute approximate surface area is 433 Å². The largest absolute Gasteiger partial charge is 0.494 e. The lowest BCUT2D eigenvalue weighted by molar-refractivity contribution is -0.137. The van der Waals surface area contributed by atoms with Gasteiger partial charge in [-0.1, -0.05) is 38.5 Å². The summed E-state index contributed by atoms with van der Waals surface area (Å²) in [5, 5.41) is 16.0. The molecule has 0 spiro atoms. The van der Waals surface area contributed by atoms with Crippen LogP contribution in [0.15, 0.2) is 97.0 Å². The molecule has 0 bridgehead atoms. The summed E-state index contributed by atoms with van der Waals surface area (Å²) in [6.45, 7) is 8.28. The number of hydrogen-bond donors (Lipinski definition) is 5. The first-order chi connectivity index (χ1) is 35.9. The van der Waals surface area contributed by atoms with E-state index >= 15 is 4.39 Å². The van der Waals surface area contributed by atoms with Gasteiger partial charge in [0.15, 0.2) is 0 Å². The number of nitrogens with one attached hydrogen (secondary N) is 5. The summed E-state index contributed by atoms with van der Waals surface area (Å²) < 4.78 is 32.3. The number of imide groups is 1. The predicted molar refractivity (Wildman–Crippen MR) is 280 cm³/mol. The average molecular weight is 1020 g/mol. The van der Waals surface area contributed by atoms with Crippen molar-refractivity contribution >= 4 is 40.9 Å². The van der Waals surface area contributed by atoms with E-state index in [9.17, 15) is 24.0 Å². The lowest BCUT2D eigenvalue weighted by atomic mass is 9.81. The molecule has 74 heavy (non-hydrogen) atoms. The molecule has 4 aliphatic heterocycles. The van der Waals surface area contributed by atoms with Crippen molar-refractivity contribution in [2.24, 2.45) is 11.8 Å². The zero-order chi connectivity index (χ0) is 52.0. The molecule has 4 aromatic rings. The summed E-state index contributed by atoms with van der Waals surface area (Å²) in [5.74, 6) is -0.768. The molecule has 8 rings (SSSR count). The van der Waals surface area contributed by atoms with Crippen molar-refractivity contribution in [2.45, 2.75) is 109 Å². The number of carbonyl (C=O) groups is 5. The quantitative estimate of drug-likeness (QED) is 0.0360. The second kappa shape index (κ2) is 25.5. The monoisotopic (exact) mass is 1010 g/mol. The van der Waals surface area contributed by atoms with E-state index in [0.717, 1.165) is 63.7 Å². The number of nitrogens with zero attached hydrogens (tertiary/aromatic N) is 3. The number of halogens is 1. The average Bonchev–Trinajstić information content (AvgIpc) is 3.63. The Kier molecular flexibility index (Phi) is 18.5. The van der Waals surface area contributed by atoms with Crippen LogP contribution >= 0.6 is 0 Å². The van der Waals surface area contributed by atoms with E-state index in [1.165, 1.54) is 22.2 Å². The summed E-state index contributed by atoms with van der Waals surface area (Å²) in [4.78, 5) is 71.5. The highest BCUT2D eigenvalue weighted by molar-refractivity contribution is 6.07. The second-order valence-corrected chi connectivity index (χ2v) is 20.0. The van der Waals surface area contributed by atoms with Crippen molar-refractivity contribution in [3.05, 3.63) is 131 Å². The summed E-state index contributed by atoms with van der Waals surface area (Å²) in [7, 11) is 2.16. The standard InChI is InChI=1S/C57H71FN8O8/c1-4-44-38(2)15-19-50(62-53(44)39-21-25-59-26-22-39)57(23-27-65(3)28-24-57)64-42-12-8-11-40(33-42)54(69)60-35-41-34-43(16-17-47(41)58)74-32-7-5-6-29-72-30-10-31-73-37-52(68)61-48-14-9-13-45-46(48)36-66(56(45)71)49-18-20-51(67)63-55(49)70/h8-9,11-14,16-17,19,21-22,25-26,33-34,38,44,49,53,62,64H,4-7,10,15,18,20,23-24,27-32,35-37H2,1-3H3,(H,60,69)(H,61,68)(H,63,67,70)/t38-,44?,49?,53?/m1/s1. The number of anilines is 2. The third-order valence-corrected chi connectivity index (χ3v) is 14.9. The Bertz CT molecular complexity index is 2640. The van der Waals surface area contributed by atoms with Crippen LogP contribution in [0, 0.1) is 17.7 Å². The number of amides is 5. The van der Waals surface area contributed by atoms with E-state index in [-0.39, 0.29) is 67.7 Å². The summed E-state index contributed by atoms with van der Waals surface area (Å²) in [6, 6.07) is 20.9. The number of piperidine rings is 2. The molecule has 0 saturated carbocycles. The second-order valence-electron chi connectivity index (χ2n) is 20.0. The number of rotatable bonds is 23. The van der Waals surface area contributed by atoms with Crippen LogP contribution in [0.4, 0.5) is 15.8 Å². The highest BCUT2D eigenvalue weighted by Crippen LogP contribution is 2.41. The fraction of sp³-hybridized carbons (Fsp3) is 0.474. The van der Waals surface area contributed by atoms with Crippen molar-refractivity contribution in [3.63, 3.8) is 0 Å². The van der Waals surface area contributed by atoms with Gasteiger partial charge in [0.2, 0.25) is 17.7 Å². The van der Waals surface area contributed by atoms with Crippen LogP contribution in [-0.4, -0.2) is 109 Å². The Morgan fingerprint density at radius 2 is 1.68 bits per heavy atom. The predicted octanol–water partition coefficient (Wildman–Crippen LogP) is 7.68. The lowest BCUT2D eigenvalue weighted by Gasteiger charge is -2.45. The van der Waals surface area contributed by atoms with E-state index in [0.29, 0.717) is 78.4 Å². The first-order valence-corrected chi connectivity index (χ1v) is 26.3. The van der Waals surface area contributed by atoms with E-state index in [2.05, 4.69) is 75.6 Å². The summed E-state index contributed by atoms with van der Waals surface area (Å²) >= 11 is 0. The van der Waals surface area contributed by atoms with Crippen molar-refractivity contribution in [2.75, 3.05) is 63.8 Å². The molecular formula is C57H71FN8O8. The van der Waals surface area contributed by atoms with Gasteiger partial charge in [-0.2, -0.15) is 0 Å². The maximum absolute atomic E-state index is 15.0. The van der Waals surface area contributed by atoms with Crippen molar-refractivity contribution < 1.29 is 42.6 Å². The third-order valence-electron chi connectivity index (χ3n) is 14.9. The van der Waals surface area contributed by atoms with E-state index < -0.39 is 17.8 Å². The fourth-order valence-electron chi connectivity index (χ4n) is 10.6. The molecule has 394 valence electrons. The van der Waals surface area contributed by atoms with Crippen molar-refractivity contribution in [3.8, 4) is 5.75 Å². The molecular weight excluding hydrogens is 944 g/mol. The number of likely N-dealkylation sites (tertiary alicyclic amines) is 1. The number of fused-ring (bicyclic) bond motifs is 1. The first-order valence-electron chi connectivity index (χ1n) is 26.3. The van der Waals surface area contributed by atoms with E-state index in [1.54, 1.807) is 36.4 Å². The van der Waals surface area contributed by atoms with Gasteiger partial charge < -0.3 is 45.3 Å². The van der Waals surface area contributed by atoms with Gasteiger partial charge in [0.1, 0.15) is 24.2 Å². The highest BCUT2D eigenvalue weighted by Gasteiger charge is 2.42. The van der Waals surface area contributed by atoms with Gasteiger partial charge in [-0.15, -0.1) is 0 Å². The van der Waals surface area contributed by atoms with Gasteiger partial charge in [0, 0.05) is 104 Å². The molecule has 2 fully saturated rings. The Hall–Kier alpha value is -6.69. The smallest absolute Gasteiger partial charge is 0.255 e. The molecule has 4 aliphatic rings. The number of ether oxygens (including phenoxy) is 3. The Balaban J connectivity index is 0.722. The number of allylic oxidation sites excluding steroid dienone is 1. The van der Waals surface area contributed by atoms with Gasteiger partial charge >= 0.3 is 0 Å². The van der Waals surface area contributed by atoms with Crippen LogP contribution in [0.3, 0.4) is 0 Å². The molecule has 5 N–H and O–H groups in total. The number of benzene rings is 3. The topological polar surface area (TPSA) is 193 Å². The van der Waals surface area contributed by atoms with Crippen LogP contribution in [0.1, 0.15) is 122 Å².